The third kappa shape index (κ3) is 19.0. The van der Waals surface area contributed by atoms with Crippen LogP contribution in [0, 0.1) is 0 Å². The second-order valence-corrected chi connectivity index (χ2v) is 15.8. The summed E-state index contributed by atoms with van der Waals surface area (Å²) in [6, 6.07) is 0. The van der Waals surface area contributed by atoms with Crippen LogP contribution in [0.3, 0.4) is 0 Å². The van der Waals surface area contributed by atoms with Crippen molar-refractivity contribution in [3.8, 4) is 0 Å². The van der Waals surface area contributed by atoms with Gasteiger partial charge in [0.05, 0.1) is 0 Å². The van der Waals surface area contributed by atoms with E-state index in [0.29, 0.717) is 10.1 Å². The molecule has 0 saturated carbocycles. The molecule has 0 spiro atoms. The molecule has 4 nitrogen and oxygen atoms in total. The van der Waals surface area contributed by atoms with Gasteiger partial charge < -0.3 is 19.5 Å². The molecule has 0 rings (SSSR count). The molecule has 0 radical (unpaired) electrons. The molecular formula is C24H56N2O2Si2. The van der Waals surface area contributed by atoms with Crippen molar-refractivity contribution in [2.24, 2.45) is 5.73 Å². The van der Waals surface area contributed by atoms with Crippen LogP contribution in [0.2, 0.25) is 10.1 Å². The molecule has 0 saturated heterocycles. The van der Waals surface area contributed by atoms with Crippen molar-refractivity contribution in [3.05, 3.63) is 0 Å². The molecule has 0 fully saturated rings. The van der Waals surface area contributed by atoms with E-state index in [2.05, 4.69) is 46.4 Å². The molecule has 2 N–H and O–H groups in total. The lowest BCUT2D eigenvalue weighted by Crippen LogP contribution is -2.33. The summed E-state index contributed by atoms with van der Waals surface area (Å²) in [7, 11) is -0.887. The van der Waals surface area contributed by atoms with Crippen molar-refractivity contribution in [2.75, 3.05) is 39.4 Å². The molecule has 0 aliphatic carbocycles. The fourth-order valence-corrected chi connectivity index (χ4v) is 5.82. The summed E-state index contributed by atoms with van der Waals surface area (Å²) < 4.78 is 11.7. The Morgan fingerprint density at radius 2 is 1.03 bits per heavy atom. The number of unbranched alkanes of at least 4 members (excludes halogenated alkanes) is 7. The van der Waals surface area contributed by atoms with Gasteiger partial charge in [-0.1, -0.05) is 66.2 Å². The Morgan fingerprint density at radius 3 is 1.43 bits per heavy atom. The van der Waals surface area contributed by atoms with Gasteiger partial charge in [0.1, 0.15) is 0 Å². The zero-order valence-electron chi connectivity index (χ0n) is 21.6. The number of nitrogens with zero attached hydrogens (tertiary/aromatic N) is 1. The Balaban J connectivity index is 4.32. The van der Waals surface area contributed by atoms with Crippen molar-refractivity contribution in [3.63, 3.8) is 0 Å². The van der Waals surface area contributed by atoms with Gasteiger partial charge in [0.15, 0.2) is 19.5 Å². The molecule has 0 aromatic carbocycles. The topological polar surface area (TPSA) is 47.7 Å². The summed E-state index contributed by atoms with van der Waals surface area (Å²) in [6.45, 7) is 20.2. The van der Waals surface area contributed by atoms with Crippen molar-refractivity contribution in [1.82, 2.24) is 4.90 Å². The average molecular weight is 461 g/mol. The lowest BCUT2D eigenvalue weighted by molar-refractivity contribution is 0.232. The van der Waals surface area contributed by atoms with E-state index in [9.17, 15) is 0 Å². The van der Waals surface area contributed by atoms with E-state index >= 15 is 0 Å². The van der Waals surface area contributed by atoms with Crippen LogP contribution in [0.25, 0.3) is 0 Å². The largest absolute Gasteiger partial charge is 0.424 e. The highest BCUT2D eigenvalue weighted by atomic mass is 28.2. The zero-order valence-corrected chi connectivity index (χ0v) is 24.4. The fraction of sp³-hybridized carbons (Fsp3) is 1.00. The third-order valence-electron chi connectivity index (χ3n) is 6.03. The van der Waals surface area contributed by atoms with Gasteiger partial charge in [0.25, 0.3) is 0 Å². The predicted molar refractivity (Wildman–Crippen MR) is 140 cm³/mol. The average Bonchev–Trinajstić information content (AvgIpc) is 2.71. The van der Waals surface area contributed by atoms with Crippen LogP contribution in [0.1, 0.15) is 106 Å². The Kier molecular flexibility index (Phi) is 19.0. The smallest absolute Gasteiger partial charge is 0.167 e. The van der Waals surface area contributed by atoms with Gasteiger partial charge in [-0.2, -0.15) is 0 Å². The van der Waals surface area contributed by atoms with Crippen molar-refractivity contribution in [2.45, 2.75) is 116 Å². The van der Waals surface area contributed by atoms with E-state index in [-0.39, 0.29) is 0 Å². The first kappa shape index (κ1) is 30.3. The van der Waals surface area contributed by atoms with E-state index in [1.54, 1.807) is 0 Å². The van der Waals surface area contributed by atoms with Gasteiger partial charge in [-0.15, -0.1) is 0 Å². The summed E-state index contributed by atoms with van der Waals surface area (Å²) >= 11 is 0. The van der Waals surface area contributed by atoms with E-state index in [1.165, 1.54) is 83.8 Å². The Hall–Kier alpha value is 0.274. The van der Waals surface area contributed by atoms with Gasteiger partial charge in [-0.25, -0.2) is 0 Å². The first-order valence-corrected chi connectivity index (χ1v) is 15.4. The van der Waals surface area contributed by atoms with Crippen LogP contribution in [0.5, 0.6) is 0 Å². The molecular weight excluding hydrogens is 404 g/mol. The van der Waals surface area contributed by atoms with E-state index < -0.39 is 19.5 Å². The lowest BCUT2D eigenvalue weighted by atomic mass is 10.1. The molecule has 0 amide bonds. The van der Waals surface area contributed by atoms with Gasteiger partial charge in [-0.05, 0) is 75.8 Å². The standard InChI is InChI=1S/C24H56N2O2Si2/c1-7-27-29-23(3,4)17-21-26(22-18-24(5,6)30-28-8-2)20-16-14-12-10-9-11-13-15-19-25/h7-22,25,29-30H2,1-6H3. The molecule has 0 heterocycles. The van der Waals surface area contributed by atoms with Crippen molar-refractivity contribution >= 4 is 19.5 Å². The van der Waals surface area contributed by atoms with Crippen LogP contribution in [-0.2, 0) is 8.85 Å². The molecule has 0 unspecified atom stereocenters. The highest BCUT2D eigenvalue weighted by molar-refractivity contribution is 6.32. The summed E-state index contributed by atoms with van der Waals surface area (Å²) in [5, 5.41) is 0.792. The van der Waals surface area contributed by atoms with E-state index in [0.717, 1.165) is 19.8 Å². The zero-order chi connectivity index (χ0) is 22.7. The first-order chi connectivity index (χ1) is 14.3. The number of hydrogen-bond acceptors (Lipinski definition) is 4. The second-order valence-electron chi connectivity index (χ2n) is 10.6. The molecule has 0 aliphatic rings. The summed E-state index contributed by atoms with van der Waals surface area (Å²) in [5.41, 5.74) is 5.57. The molecule has 0 aromatic heterocycles. The van der Waals surface area contributed by atoms with Crippen LogP contribution in [0.4, 0.5) is 0 Å². The highest BCUT2D eigenvalue weighted by Crippen LogP contribution is 2.30. The first-order valence-electron chi connectivity index (χ1n) is 12.8. The molecule has 0 atom stereocenters. The number of hydrogen-bond donors (Lipinski definition) is 1. The fourth-order valence-electron chi connectivity index (χ4n) is 3.70. The monoisotopic (exact) mass is 460 g/mol. The van der Waals surface area contributed by atoms with Gasteiger partial charge in [0.2, 0.25) is 0 Å². The molecule has 30 heavy (non-hydrogen) atoms. The minimum Gasteiger partial charge on any atom is -0.424 e. The number of nitrogens with two attached hydrogens (primary N) is 1. The lowest BCUT2D eigenvalue weighted by Gasteiger charge is -2.32. The molecule has 6 heteroatoms. The van der Waals surface area contributed by atoms with Crippen LogP contribution in [0.15, 0.2) is 0 Å². The van der Waals surface area contributed by atoms with E-state index in [4.69, 9.17) is 14.6 Å². The quantitative estimate of drug-likeness (QED) is 0.186. The Labute approximate surface area is 194 Å². The van der Waals surface area contributed by atoms with Gasteiger partial charge in [-0.3, -0.25) is 0 Å². The SMILES string of the molecule is CCO[SiH2]C(C)(C)CCN(CCCCCCCCCCN)CCC(C)(C)[SiH2]OCC. The third-order valence-corrected chi connectivity index (χ3v) is 9.53. The van der Waals surface area contributed by atoms with Gasteiger partial charge in [0, 0.05) is 13.2 Å². The Bertz CT molecular complexity index is 358. The second kappa shape index (κ2) is 18.8. The highest BCUT2D eigenvalue weighted by Gasteiger charge is 2.23. The number of rotatable bonds is 22. The minimum absolute atomic E-state index is 0.396. The summed E-state index contributed by atoms with van der Waals surface area (Å²) in [5.74, 6) is 0. The summed E-state index contributed by atoms with van der Waals surface area (Å²) in [6.07, 6.45) is 13.3. The minimum atomic E-state index is -0.444. The van der Waals surface area contributed by atoms with Crippen molar-refractivity contribution < 1.29 is 8.85 Å². The molecule has 0 aromatic rings. The van der Waals surface area contributed by atoms with Crippen molar-refractivity contribution in [1.29, 1.82) is 0 Å². The maximum absolute atomic E-state index is 5.85. The van der Waals surface area contributed by atoms with Crippen LogP contribution < -0.4 is 5.73 Å². The molecule has 182 valence electrons. The molecule has 0 aliphatic heterocycles. The maximum atomic E-state index is 5.85. The Morgan fingerprint density at radius 1 is 0.633 bits per heavy atom. The maximum Gasteiger partial charge on any atom is 0.167 e. The van der Waals surface area contributed by atoms with E-state index in [1.807, 2.05) is 0 Å². The van der Waals surface area contributed by atoms with Crippen LogP contribution >= 0.6 is 0 Å². The normalized spacial score (nSPS) is 13.6. The van der Waals surface area contributed by atoms with Crippen LogP contribution in [-0.4, -0.2) is 63.8 Å². The molecule has 0 bridgehead atoms. The predicted octanol–water partition coefficient (Wildman–Crippen LogP) is 4.79. The van der Waals surface area contributed by atoms with Gasteiger partial charge >= 0.3 is 0 Å². The summed E-state index contributed by atoms with van der Waals surface area (Å²) in [4.78, 5) is 2.74.